The molecule has 1 unspecified atom stereocenters. The lowest BCUT2D eigenvalue weighted by Gasteiger charge is -2.26. The molecule has 3 heteroatoms. The summed E-state index contributed by atoms with van der Waals surface area (Å²) in [5, 5.41) is 8.75. The van der Waals surface area contributed by atoms with Crippen LogP contribution in [0.2, 0.25) is 0 Å². The van der Waals surface area contributed by atoms with E-state index in [1.807, 2.05) is 17.8 Å². The lowest BCUT2D eigenvalue weighted by atomic mass is 10.1. The summed E-state index contributed by atoms with van der Waals surface area (Å²) >= 11 is 1.90. The van der Waals surface area contributed by atoms with Gasteiger partial charge in [0.15, 0.2) is 0 Å². The highest BCUT2D eigenvalue weighted by molar-refractivity contribution is 7.98. The van der Waals surface area contributed by atoms with Crippen LogP contribution in [-0.4, -0.2) is 41.7 Å². The number of aliphatic hydroxyl groups excluding tert-OH is 1. The van der Waals surface area contributed by atoms with Gasteiger partial charge in [0, 0.05) is 30.3 Å². The van der Waals surface area contributed by atoms with Crippen molar-refractivity contribution in [2.45, 2.75) is 32.4 Å². The zero-order chi connectivity index (χ0) is 14.8. The summed E-state index contributed by atoms with van der Waals surface area (Å²) in [7, 11) is 2.19. The van der Waals surface area contributed by atoms with E-state index >= 15 is 0 Å². The van der Waals surface area contributed by atoms with E-state index in [1.54, 1.807) is 0 Å². The highest BCUT2D eigenvalue weighted by Crippen LogP contribution is 2.13. The van der Waals surface area contributed by atoms with Crippen LogP contribution in [0.4, 0.5) is 0 Å². The molecular weight excluding hydrogens is 266 g/mol. The van der Waals surface area contributed by atoms with Crippen molar-refractivity contribution >= 4 is 11.8 Å². The van der Waals surface area contributed by atoms with Crippen molar-refractivity contribution in [3.05, 3.63) is 35.4 Å². The second-order valence-electron chi connectivity index (χ2n) is 4.91. The van der Waals surface area contributed by atoms with Crippen molar-refractivity contribution in [1.29, 1.82) is 0 Å². The summed E-state index contributed by atoms with van der Waals surface area (Å²) in [4.78, 5) is 2.41. The average Bonchev–Trinajstić information content (AvgIpc) is 2.45. The molecule has 0 radical (unpaired) electrons. The standard InChI is InChI=1S/C17H25NOS/c1-4-17(14-20-3)18(2)13-16-10-7-9-15(12-16)8-5-6-11-19/h7,9-10,12,17,19H,4,6,11,13-14H2,1-3H3. The molecule has 0 aliphatic carbocycles. The van der Waals surface area contributed by atoms with Crippen molar-refractivity contribution in [3.8, 4) is 11.8 Å². The van der Waals surface area contributed by atoms with E-state index < -0.39 is 0 Å². The summed E-state index contributed by atoms with van der Waals surface area (Å²) in [5.74, 6) is 7.23. The molecule has 2 nitrogen and oxygen atoms in total. The lowest BCUT2D eigenvalue weighted by Crippen LogP contribution is -2.32. The van der Waals surface area contributed by atoms with E-state index in [2.05, 4.69) is 55.2 Å². The third-order valence-corrected chi connectivity index (χ3v) is 4.00. The summed E-state index contributed by atoms with van der Waals surface area (Å²) in [6, 6.07) is 9.00. The van der Waals surface area contributed by atoms with Gasteiger partial charge in [-0.15, -0.1) is 0 Å². The first-order valence-electron chi connectivity index (χ1n) is 7.09. The molecule has 1 atom stereocenters. The van der Waals surface area contributed by atoms with Gasteiger partial charge in [-0.25, -0.2) is 0 Å². The molecule has 1 rings (SSSR count). The minimum atomic E-state index is 0.127. The van der Waals surface area contributed by atoms with Gasteiger partial charge in [0.25, 0.3) is 0 Å². The van der Waals surface area contributed by atoms with E-state index in [1.165, 1.54) is 17.7 Å². The minimum absolute atomic E-state index is 0.127. The first kappa shape index (κ1) is 17.1. The third-order valence-electron chi connectivity index (χ3n) is 3.28. The summed E-state index contributed by atoms with van der Waals surface area (Å²) in [6.07, 6.45) is 3.87. The van der Waals surface area contributed by atoms with E-state index in [-0.39, 0.29) is 6.61 Å². The smallest absolute Gasteiger partial charge is 0.0540 e. The normalized spacial score (nSPS) is 12.1. The molecule has 110 valence electrons. The topological polar surface area (TPSA) is 23.5 Å². The van der Waals surface area contributed by atoms with Crippen LogP contribution in [0.5, 0.6) is 0 Å². The molecule has 20 heavy (non-hydrogen) atoms. The molecule has 0 bridgehead atoms. The molecule has 0 saturated carbocycles. The Morgan fingerprint density at radius 1 is 1.40 bits per heavy atom. The quantitative estimate of drug-likeness (QED) is 0.781. The molecule has 0 fully saturated rings. The van der Waals surface area contributed by atoms with Crippen molar-refractivity contribution in [3.63, 3.8) is 0 Å². The maximum atomic E-state index is 8.75. The third kappa shape index (κ3) is 6.00. The fourth-order valence-corrected chi connectivity index (χ4v) is 3.01. The Morgan fingerprint density at radius 3 is 2.85 bits per heavy atom. The Hall–Kier alpha value is -0.950. The van der Waals surface area contributed by atoms with Gasteiger partial charge in [0.2, 0.25) is 0 Å². The fraction of sp³-hybridized carbons (Fsp3) is 0.529. The van der Waals surface area contributed by atoms with Gasteiger partial charge in [-0.1, -0.05) is 30.9 Å². The Balaban J connectivity index is 2.68. The van der Waals surface area contributed by atoms with Gasteiger partial charge < -0.3 is 5.11 Å². The van der Waals surface area contributed by atoms with Crippen LogP contribution in [0.15, 0.2) is 24.3 Å². The number of hydrogen-bond acceptors (Lipinski definition) is 3. The van der Waals surface area contributed by atoms with E-state index in [9.17, 15) is 0 Å². The predicted octanol–water partition coefficient (Wildman–Crippen LogP) is 2.99. The number of nitrogens with zero attached hydrogens (tertiary/aromatic N) is 1. The Labute approximate surface area is 127 Å². The van der Waals surface area contributed by atoms with E-state index in [0.717, 1.165) is 12.1 Å². The van der Waals surface area contributed by atoms with E-state index in [4.69, 9.17) is 5.11 Å². The van der Waals surface area contributed by atoms with Crippen LogP contribution in [0.3, 0.4) is 0 Å². The lowest BCUT2D eigenvalue weighted by molar-refractivity contribution is 0.248. The minimum Gasteiger partial charge on any atom is -0.395 e. The number of benzene rings is 1. The van der Waals surface area contributed by atoms with Crippen LogP contribution in [0, 0.1) is 11.8 Å². The van der Waals surface area contributed by atoms with Crippen LogP contribution < -0.4 is 0 Å². The second kappa shape index (κ2) is 9.88. The van der Waals surface area contributed by atoms with Crippen molar-refractivity contribution < 1.29 is 5.11 Å². The SMILES string of the molecule is CCC(CSC)N(C)Cc1cccc(C#CCCO)c1. The number of aliphatic hydroxyl groups is 1. The van der Waals surface area contributed by atoms with Gasteiger partial charge in [-0.05, 0) is 37.4 Å². The number of rotatable bonds is 7. The molecule has 1 aromatic rings. The number of thioether (sulfide) groups is 1. The van der Waals surface area contributed by atoms with Gasteiger partial charge in [0.05, 0.1) is 6.61 Å². The highest BCUT2D eigenvalue weighted by Gasteiger charge is 2.12. The largest absolute Gasteiger partial charge is 0.395 e. The first-order valence-corrected chi connectivity index (χ1v) is 8.48. The maximum Gasteiger partial charge on any atom is 0.0540 e. The Bertz CT molecular complexity index is 450. The molecule has 0 heterocycles. The highest BCUT2D eigenvalue weighted by atomic mass is 32.2. The van der Waals surface area contributed by atoms with Crippen molar-refractivity contribution in [2.75, 3.05) is 25.7 Å². The van der Waals surface area contributed by atoms with Crippen molar-refractivity contribution in [2.24, 2.45) is 0 Å². The summed E-state index contributed by atoms with van der Waals surface area (Å²) < 4.78 is 0. The monoisotopic (exact) mass is 291 g/mol. The Morgan fingerprint density at radius 2 is 2.20 bits per heavy atom. The second-order valence-corrected chi connectivity index (χ2v) is 5.82. The van der Waals surface area contributed by atoms with Gasteiger partial charge in [-0.2, -0.15) is 11.8 Å². The zero-order valence-electron chi connectivity index (χ0n) is 12.7. The Kier molecular flexibility index (Phi) is 8.45. The van der Waals surface area contributed by atoms with Crippen LogP contribution in [0.25, 0.3) is 0 Å². The molecule has 0 aromatic heterocycles. The van der Waals surface area contributed by atoms with Gasteiger partial charge >= 0.3 is 0 Å². The van der Waals surface area contributed by atoms with Crippen LogP contribution >= 0.6 is 11.8 Å². The van der Waals surface area contributed by atoms with Crippen LogP contribution in [0.1, 0.15) is 30.9 Å². The molecule has 0 spiro atoms. The summed E-state index contributed by atoms with van der Waals surface area (Å²) in [5.41, 5.74) is 2.32. The predicted molar refractivity (Wildman–Crippen MR) is 89.0 cm³/mol. The molecule has 0 saturated heterocycles. The first-order chi connectivity index (χ1) is 9.71. The van der Waals surface area contributed by atoms with Crippen LogP contribution in [-0.2, 0) is 6.54 Å². The molecular formula is C17H25NOS. The zero-order valence-corrected chi connectivity index (χ0v) is 13.5. The fourth-order valence-electron chi connectivity index (χ4n) is 2.13. The molecule has 1 aromatic carbocycles. The van der Waals surface area contributed by atoms with Crippen molar-refractivity contribution in [1.82, 2.24) is 4.90 Å². The van der Waals surface area contributed by atoms with Gasteiger partial charge in [0.1, 0.15) is 0 Å². The molecule has 0 amide bonds. The molecule has 0 aliphatic rings. The summed E-state index contributed by atoms with van der Waals surface area (Å²) in [6.45, 7) is 3.32. The number of hydrogen-bond donors (Lipinski definition) is 1. The average molecular weight is 291 g/mol. The van der Waals surface area contributed by atoms with E-state index in [0.29, 0.717) is 12.5 Å². The molecule has 0 aliphatic heterocycles. The van der Waals surface area contributed by atoms with Gasteiger partial charge in [-0.3, -0.25) is 4.90 Å². The molecule has 1 N–H and O–H groups in total. The maximum absolute atomic E-state index is 8.75.